The number of alkyl carbamates (subject to hydrolysis) is 1. The van der Waals surface area contributed by atoms with Crippen molar-refractivity contribution in [2.75, 3.05) is 5.75 Å². The Hall–Kier alpha value is -2.88. The largest absolute Gasteiger partial charge is 0.444 e. The number of carbonyl (C=O) groups is 3. The number of carbonyl (C=O) groups excluding carboxylic acids is 3. The molecule has 0 bridgehead atoms. The summed E-state index contributed by atoms with van der Waals surface area (Å²) in [5.74, 6) is 0.273. The fourth-order valence-electron chi connectivity index (χ4n) is 2.80. The normalized spacial score (nSPS) is 12.0. The summed E-state index contributed by atoms with van der Waals surface area (Å²) < 4.78 is 5.28. The van der Waals surface area contributed by atoms with E-state index in [2.05, 4.69) is 10.7 Å². The molecule has 0 heterocycles. The van der Waals surface area contributed by atoms with E-state index in [1.54, 1.807) is 20.8 Å². The molecule has 0 spiro atoms. The summed E-state index contributed by atoms with van der Waals surface area (Å²) in [6.07, 6.45) is -0.535. The van der Waals surface area contributed by atoms with Crippen LogP contribution in [-0.4, -0.2) is 35.3 Å². The molecule has 0 unspecified atom stereocenters. The zero-order valence-corrected chi connectivity index (χ0v) is 20.1. The lowest BCUT2D eigenvalue weighted by Crippen LogP contribution is -2.98. The van der Waals surface area contributed by atoms with Gasteiger partial charge in [-0.05, 0) is 37.5 Å². The van der Waals surface area contributed by atoms with E-state index in [4.69, 9.17) is 10.5 Å². The average Bonchev–Trinajstić information content (AvgIpc) is 2.77. The number of quaternary nitrogens is 1. The van der Waals surface area contributed by atoms with Crippen molar-refractivity contribution in [2.24, 2.45) is 5.73 Å². The number of hydrogen-bond acceptors (Lipinski definition) is 6. The van der Waals surface area contributed by atoms with E-state index < -0.39 is 23.6 Å². The van der Waals surface area contributed by atoms with Gasteiger partial charge in [0.2, 0.25) is 0 Å². The van der Waals surface area contributed by atoms with Crippen LogP contribution < -0.4 is 21.9 Å². The van der Waals surface area contributed by atoms with Gasteiger partial charge in [0.15, 0.2) is 0 Å². The topological polar surface area (TPSA) is 127 Å². The van der Waals surface area contributed by atoms with Crippen LogP contribution in [0.25, 0.3) is 0 Å². The minimum atomic E-state index is -0.860. The second-order valence-corrected chi connectivity index (χ2v) is 9.55. The number of nitrogens with one attached hydrogen (secondary N) is 2. The van der Waals surface area contributed by atoms with E-state index in [1.807, 2.05) is 54.6 Å². The molecule has 2 aromatic carbocycles. The molecule has 0 saturated carbocycles. The Morgan fingerprint density at radius 3 is 2.24 bits per heavy atom. The molecule has 1 atom stereocenters. The van der Waals surface area contributed by atoms with Gasteiger partial charge in [-0.2, -0.15) is 22.6 Å². The molecule has 3 amide bonds. The second kappa shape index (κ2) is 13.0. The molecule has 0 radical (unpaired) electrons. The molecular weight excluding hydrogens is 440 g/mol. The summed E-state index contributed by atoms with van der Waals surface area (Å²) in [5, 5.41) is 2.61. The number of ether oxygens (including phenoxy) is 1. The molecule has 33 heavy (non-hydrogen) atoms. The second-order valence-electron chi connectivity index (χ2n) is 8.52. The fourth-order valence-corrected chi connectivity index (χ4v) is 3.82. The van der Waals surface area contributed by atoms with Gasteiger partial charge in [-0.15, -0.1) is 0 Å². The molecule has 6 N–H and O–H groups in total. The minimum absolute atomic E-state index is 0.151. The smallest absolute Gasteiger partial charge is 0.408 e. The summed E-state index contributed by atoms with van der Waals surface area (Å²) in [6.45, 7) is 5.68. The SMILES string of the molecule is CC(C)(C)OC(=O)N[C@H](CSCc1ccccc1)C(=O)N[NH2+]C(=O)Cc1ccc(CN)cc1. The molecule has 8 nitrogen and oxygen atoms in total. The predicted octanol–water partition coefficient (Wildman–Crippen LogP) is 1.64. The standard InChI is InChI=1S/C24H32N4O4S/c1-24(2,3)32-23(31)26-20(16-33-15-19-7-5-4-6-8-19)22(30)28-27-21(29)13-17-9-11-18(14-25)12-10-17/h4-12,20H,13-16,25H2,1-3H3,(H,26,31)(H,27,29)(H,28,30)/p+1/t20-/m1/s1. The molecule has 0 aliphatic heterocycles. The van der Waals surface area contributed by atoms with Gasteiger partial charge < -0.3 is 15.8 Å². The number of primary amides is 1. The van der Waals surface area contributed by atoms with E-state index in [9.17, 15) is 14.4 Å². The Balaban J connectivity index is 1.91. The zero-order chi connectivity index (χ0) is 24.3. The first kappa shape index (κ1) is 26.4. The number of amides is 3. The maximum absolute atomic E-state index is 12.7. The van der Waals surface area contributed by atoms with E-state index in [-0.39, 0.29) is 12.3 Å². The number of thioether (sulfide) groups is 1. The first-order chi connectivity index (χ1) is 15.7. The van der Waals surface area contributed by atoms with Crippen LogP contribution in [0.2, 0.25) is 0 Å². The van der Waals surface area contributed by atoms with Gasteiger partial charge in [-0.25, -0.2) is 9.59 Å². The first-order valence-corrected chi connectivity index (χ1v) is 11.9. The third-order valence-corrected chi connectivity index (χ3v) is 5.52. The van der Waals surface area contributed by atoms with Crippen LogP contribution in [-0.2, 0) is 33.0 Å². The molecule has 9 heteroatoms. The summed E-state index contributed by atoms with van der Waals surface area (Å²) in [5.41, 5.74) is 11.5. The van der Waals surface area contributed by atoms with Gasteiger partial charge in [0.25, 0.3) is 5.91 Å². The van der Waals surface area contributed by atoms with Crippen molar-refractivity contribution >= 4 is 29.7 Å². The third kappa shape index (κ3) is 10.5. The van der Waals surface area contributed by atoms with Gasteiger partial charge >= 0.3 is 12.0 Å². The molecule has 0 aliphatic rings. The van der Waals surface area contributed by atoms with E-state index in [0.29, 0.717) is 18.1 Å². The highest BCUT2D eigenvalue weighted by molar-refractivity contribution is 7.98. The van der Waals surface area contributed by atoms with Gasteiger partial charge in [-0.1, -0.05) is 54.6 Å². The Morgan fingerprint density at radius 2 is 1.64 bits per heavy atom. The van der Waals surface area contributed by atoms with Crippen LogP contribution in [0.4, 0.5) is 4.79 Å². The fraction of sp³-hybridized carbons (Fsp3) is 0.375. The maximum Gasteiger partial charge on any atom is 0.408 e. The van der Waals surface area contributed by atoms with Crippen LogP contribution in [0.5, 0.6) is 0 Å². The van der Waals surface area contributed by atoms with Crippen LogP contribution in [0.15, 0.2) is 54.6 Å². The average molecular weight is 474 g/mol. The van der Waals surface area contributed by atoms with Gasteiger partial charge in [0.05, 0.1) is 6.42 Å². The van der Waals surface area contributed by atoms with Gasteiger partial charge in [0, 0.05) is 18.1 Å². The quantitative estimate of drug-likeness (QED) is 0.249. The number of benzene rings is 2. The molecule has 0 aromatic heterocycles. The Kier molecular flexibility index (Phi) is 10.4. The Morgan fingerprint density at radius 1 is 1.00 bits per heavy atom. The molecule has 0 fully saturated rings. The van der Waals surface area contributed by atoms with Crippen molar-refractivity contribution in [3.05, 3.63) is 71.3 Å². The Bertz CT molecular complexity index is 914. The predicted molar refractivity (Wildman–Crippen MR) is 129 cm³/mol. The molecule has 2 aromatic rings. The molecule has 0 saturated heterocycles. The van der Waals surface area contributed by atoms with Gasteiger partial charge in [-0.3, -0.25) is 4.79 Å². The third-order valence-electron chi connectivity index (χ3n) is 4.42. The van der Waals surface area contributed by atoms with Crippen LogP contribution in [0.3, 0.4) is 0 Å². The first-order valence-electron chi connectivity index (χ1n) is 10.7. The zero-order valence-electron chi connectivity index (χ0n) is 19.3. The molecule has 2 rings (SSSR count). The summed E-state index contributed by atoms with van der Waals surface area (Å²) in [6, 6.07) is 16.4. The van der Waals surface area contributed by atoms with E-state index in [1.165, 1.54) is 11.8 Å². The monoisotopic (exact) mass is 473 g/mol. The highest BCUT2D eigenvalue weighted by Gasteiger charge is 2.26. The highest BCUT2D eigenvalue weighted by Crippen LogP contribution is 2.14. The van der Waals surface area contributed by atoms with Crippen molar-refractivity contribution < 1.29 is 24.5 Å². The van der Waals surface area contributed by atoms with Crippen molar-refractivity contribution in [3.8, 4) is 0 Å². The number of hydrogen-bond donors (Lipinski definition) is 4. The highest BCUT2D eigenvalue weighted by atomic mass is 32.2. The van der Waals surface area contributed by atoms with Crippen molar-refractivity contribution in [3.63, 3.8) is 0 Å². The lowest BCUT2D eigenvalue weighted by atomic mass is 10.1. The van der Waals surface area contributed by atoms with Crippen LogP contribution in [0.1, 0.15) is 37.5 Å². The van der Waals surface area contributed by atoms with E-state index in [0.717, 1.165) is 22.1 Å². The van der Waals surface area contributed by atoms with Crippen LogP contribution >= 0.6 is 11.8 Å². The molecule has 0 aliphatic carbocycles. The van der Waals surface area contributed by atoms with Crippen molar-refractivity contribution in [1.29, 1.82) is 0 Å². The lowest BCUT2D eigenvalue weighted by molar-refractivity contribution is -0.614. The number of nitrogens with two attached hydrogens (primary N) is 2. The summed E-state index contributed by atoms with van der Waals surface area (Å²) >= 11 is 1.50. The Labute approximate surface area is 199 Å². The lowest BCUT2D eigenvalue weighted by Gasteiger charge is -2.22. The minimum Gasteiger partial charge on any atom is -0.444 e. The maximum atomic E-state index is 12.7. The van der Waals surface area contributed by atoms with E-state index >= 15 is 0 Å². The summed E-state index contributed by atoms with van der Waals surface area (Å²) in [7, 11) is 0. The van der Waals surface area contributed by atoms with Crippen molar-refractivity contribution in [2.45, 2.75) is 51.1 Å². The van der Waals surface area contributed by atoms with Gasteiger partial charge in [0.1, 0.15) is 11.6 Å². The molecular formula is C24H33N4O4S+. The van der Waals surface area contributed by atoms with Crippen molar-refractivity contribution in [1.82, 2.24) is 10.7 Å². The number of rotatable bonds is 9. The summed E-state index contributed by atoms with van der Waals surface area (Å²) in [4.78, 5) is 37.3. The molecule has 178 valence electrons. The van der Waals surface area contributed by atoms with Crippen LogP contribution in [0, 0.1) is 0 Å².